The Labute approximate surface area is 97.2 Å². The van der Waals surface area contributed by atoms with Crippen LogP contribution in [0.15, 0.2) is 24.3 Å². The van der Waals surface area contributed by atoms with Crippen LogP contribution in [0.4, 0.5) is 13.6 Å². The number of nitrogens with one attached hydrogen (secondary N) is 1. The lowest BCUT2D eigenvalue weighted by molar-refractivity contribution is -0.0506. The van der Waals surface area contributed by atoms with Crippen LogP contribution in [-0.2, 0) is 6.54 Å². The largest absolute Gasteiger partial charge is 0.434 e. The summed E-state index contributed by atoms with van der Waals surface area (Å²) >= 11 is 0. The van der Waals surface area contributed by atoms with Crippen molar-refractivity contribution in [3.8, 4) is 5.75 Å². The first-order chi connectivity index (χ1) is 8.16. The fourth-order valence-corrected chi connectivity index (χ4v) is 1.71. The molecule has 1 saturated heterocycles. The topological polar surface area (TPSA) is 41.6 Å². The minimum atomic E-state index is -2.86. The SMILES string of the molecule is O=C1NCCN1Cc1ccccc1OC(F)F. The molecule has 0 saturated carbocycles. The van der Waals surface area contributed by atoms with Gasteiger partial charge < -0.3 is 15.0 Å². The van der Waals surface area contributed by atoms with Crippen molar-refractivity contribution in [3.05, 3.63) is 29.8 Å². The van der Waals surface area contributed by atoms with Gasteiger partial charge in [0.15, 0.2) is 0 Å². The summed E-state index contributed by atoms with van der Waals surface area (Å²) in [6, 6.07) is 6.29. The van der Waals surface area contributed by atoms with Crippen LogP contribution in [0.2, 0.25) is 0 Å². The number of para-hydroxylation sites is 1. The molecule has 1 N–H and O–H groups in total. The predicted octanol–water partition coefficient (Wildman–Crippen LogP) is 1.81. The minimum absolute atomic E-state index is 0.113. The smallest absolute Gasteiger partial charge is 0.387 e. The Balaban J connectivity index is 2.11. The van der Waals surface area contributed by atoms with Gasteiger partial charge in [-0.1, -0.05) is 18.2 Å². The van der Waals surface area contributed by atoms with Crippen molar-refractivity contribution in [2.45, 2.75) is 13.2 Å². The molecule has 2 rings (SSSR count). The number of benzene rings is 1. The molecule has 1 fully saturated rings. The number of carbonyl (C=O) groups is 1. The number of nitrogens with zero attached hydrogens (tertiary/aromatic N) is 1. The molecule has 0 aromatic heterocycles. The molecule has 1 aromatic carbocycles. The molecule has 1 aliphatic heterocycles. The molecule has 92 valence electrons. The quantitative estimate of drug-likeness (QED) is 0.874. The molecule has 0 atom stereocenters. The van der Waals surface area contributed by atoms with E-state index in [-0.39, 0.29) is 18.3 Å². The summed E-state index contributed by atoms with van der Waals surface area (Å²) < 4.78 is 28.8. The molecule has 2 amide bonds. The molecular weight excluding hydrogens is 230 g/mol. The summed E-state index contributed by atoms with van der Waals surface area (Å²) in [5.74, 6) is 0.113. The van der Waals surface area contributed by atoms with Crippen LogP contribution in [0.1, 0.15) is 5.56 Å². The van der Waals surface area contributed by atoms with E-state index in [2.05, 4.69) is 10.1 Å². The summed E-state index contributed by atoms with van der Waals surface area (Å²) in [5.41, 5.74) is 0.574. The van der Waals surface area contributed by atoms with Crippen molar-refractivity contribution in [2.75, 3.05) is 13.1 Å². The number of halogens is 2. The van der Waals surface area contributed by atoms with Gasteiger partial charge >= 0.3 is 12.6 Å². The van der Waals surface area contributed by atoms with Gasteiger partial charge in [-0.2, -0.15) is 8.78 Å². The Morgan fingerprint density at radius 2 is 2.18 bits per heavy atom. The lowest BCUT2D eigenvalue weighted by Gasteiger charge is -2.16. The molecule has 6 heteroatoms. The fourth-order valence-electron chi connectivity index (χ4n) is 1.71. The molecule has 0 bridgehead atoms. The van der Waals surface area contributed by atoms with Crippen LogP contribution in [0.5, 0.6) is 5.75 Å². The molecular formula is C11H12F2N2O2. The van der Waals surface area contributed by atoms with Crippen LogP contribution in [-0.4, -0.2) is 30.6 Å². The van der Waals surface area contributed by atoms with E-state index in [9.17, 15) is 13.6 Å². The molecule has 0 aliphatic carbocycles. The van der Waals surface area contributed by atoms with Crippen molar-refractivity contribution >= 4 is 6.03 Å². The number of ether oxygens (including phenoxy) is 1. The Bertz CT molecular complexity index is 412. The lowest BCUT2D eigenvalue weighted by Crippen LogP contribution is -2.27. The summed E-state index contributed by atoms with van der Waals surface area (Å²) in [7, 11) is 0. The first-order valence-electron chi connectivity index (χ1n) is 5.22. The number of alkyl halides is 2. The van der Waals surface area contributed by atoms with E-state index in [0.29, 0.717) is 18.7 Å². The van der Waals surface area contributed by atoms with Crippen LogP contribution >= 0.6 is 0 Å². The van der Waals surface area contributed by atoms with Gasteiger partial charge in [-0.05, 0) is 6.07 Å². The maximum Gasteiger partial charge on any atom is 0.387 e. The van der Waals surface area contributed by atoms with Crippen molar-refractivity contribution in [3.63, 3.8) is 0 Å². The highest BCUT2D eigenvalue weighted by Gasteiger charge is 2.21. The summed E-state index contributed by atoms with van der Waals surface area (Å²) in [5, 5.41) is 2.65. The monoisotopic (exact) mass is 242 g/mol. The van der Waals surface area contributed by atoms with E-state index >= 15 is 0 Å². The second kappa shape index (κ2) is 4.99. The Kier molecular flexibility index (Phi) is 3.41. The van der Waals surface area contributed by atoms with E-state index < -0.39 is 6.61 Å². The fraction of sp³-hybridized carbons (Fsp3) is 0.364. The third-order valence-corrected chi connectivity index (χ3v) is 2.50. The molecule has 17 heavy (non-hydrogen) atoms. The van der Waals surface area contributed by atoms with E-state index in [1.807, 2.05) is 0 Å². The van der Waals surface area contributed by atoms with Crippen molar-refractivity contribution < 1.29 is 18.3 Å². The number of hydrogen-bond donors (Lipinski definition) is 1. The maximum absolute atomic E-state index is 12.2. The Hall–Kier alpha value is -1.85. The van der Waals surface area contributed by atoms with Crippen LogP contribution < -0.4 is 10.1 Å². The number of urea groups is 1. The summed E-state index contributed by atoms with van der Waals surface area (Å²) in [4.78, 5) is 12.9. The van der Waals surface area contributed by atoms with Gasteiger partial charge in [-0.15, -0.1) is 0 Å². The minimum Gasteiger partial charge on any atom is -0.434 e. The molecule has 4 nitrogen and oxygen atoms in total. The zero-order valence-electron chi connectivity index (χ0n) is 9.03. The number of rotatable bonds is 4. The number of amides is 2. The van der Waals surface area contributed by atoms with Crippen molar-refractivity contribution in [1.82, 2.24) is 10.2 Å². The van der Waals surface area contributed by atoms with E-state index in [0.717, 1.165) is 0 Å². The maximum atomic E-state index is 12.2. The molecule has 1 aliphatic rings. The first-order valence-corrected chi connectivity index (χ1v) is 5.22. The molecule has 0 spiro atoms. The summed E-state index contributed by atoms with van der Waals surface area (Å²) in [6.45, 7) is -1.43. The molecule has 1 aromatic rings. The van der Waals surface area contributed by atoms with Gasteiger partial charge in [-0.3, -0.25) is 0 Å². The first kappa shape index (κ1) is 11.6. The number of hydrogen-bond acceptors (Lipinski definition) is 2. The van der Waals surface area contributed by atoms with Crippen LogP contribution in [0.25, 0.3) is 0 Å². The third-order valence-electron chi connectivity index (χ3n) is 2.50. The standard InChI is InChI=1S/C11H12F2N2O2/c12-10(13)17-9-4-2-1-3-8(9)7-15-6-5-14-11(15)16/h1-4,10H,5-7H2,(H,14,16). The lowest BCUT2D eigenvalue weighted by atomic mass is 10.2. The van der Waals surface area contributed by atoms with E-state index in [1.165, 1.54) is 6.07 Å². The van der Waals surface area contributed by atoms with Crippen LogP contribution in [0.3, 0.4) is 0 Å². The van der Waals surface area contributed by atoms with E-state index in [1.54, 1.807) is 23.1 Å². The predicted molar refractivity (Wildman–Crippen MR) is 56.9 cm³/mol. The second-order valence-corrected chi connectivity index (χ2v) is 3.64. The Morgan fingerprint density at radius 3 is 2.82 bits per heavy atom. The van der Waals surface area contributed by atoms with Crippen LogP contribution in [0, 0.1) is 0 Å². The normalized spacial score (nSPS) is 15.2. The average Bonchev–Trinajstić information content (AvgIpc) is 2.67. The highest BCUT2D eigenvalue weighted by Crippen LogP contribution is 2.22. The molecule has 1 heterocycles. The third kappa shape index (κ3) is 2.83. The van der Waals surface area contributed by atoms with Gasteiger partial charge in [0.25, 0.3) is 0 Å². The van der Waals surface area contributed by atoms with Gasteiger partial charge in [-0.25, -0.2) is 4.79 Å². The molecule has 0 radical (unpaired) electrons. The zero-order chi connectivity index (χ0) is 12.3. The highest BCUT2D eigenvalue weighted by atomic mass is 19.3. The highest BCUT2D eigenvalue weighted by molar-refractivity contribution is 5.76. The van der Waals surface area contributed by atoms with Gasteiger partial charge in [0.05, 0.1) is 6.54 Å². The van der Waals surface area contributed by atoms with Crippen molar-refractivity contribution in [2.24, 2.45) is 0 Å². The number of carbonyl (C=O) groups excluding carboxylic acids is 1. The van der Waals surface area contributed by atoms with Crippen molar-refractivity contribution in [1.29, 1.82) is 0 Å². The average molecular weight is 242 g/mol. The van der Waals surface area contributed by atoms with Gasteiger partial charge in [0.1, 0.15) is 5.75 Å². The van der Waals surface area contributed by atoms with Gasteiger partial charge in [0, 0.05) is 18.7 Å². The second-order valence-electron chi connectivity index (χ2n) is 3.64. The van der Waals surface area contributed by atoms with E-state index in [4.69, 9.17) is 0 Å². The van der Waals surface area contributed by atoms with Gasteiger partial charge in [0.2, 0.25) is 0 Å². The summed E-state index contributed by atoms with van der Waals surface area (Å²) in [6.07, 6.45) is 0. The zero-order valence-corrected chi connectivity index (χ0v) is 9.03. The molecule has 0 unspecified atom stereocenters. The Morgan fingerprint density at radius 1 is 1.41 bits per heavy atom.